The molecule has 4 rings (SSSR count). The van der Waals surface area contributed by atoms with Gasteiger partial charge in [-0.15, -0.1) is 0 Å². The Hall–Kier alpha value is -3.08. The predicted molar refractivity (Wildman–Crippen MR) is 112 cm³/mol. The molecule has 2 aromatic carbocycles. The SMILES string of the molecule is COc1ccc(N2CCN(C(=O)c3cc4ccc(C)cc4nc3C)CC2)cc1. The van der Waals surface area contributed by atoms with E-state index in [4.69, 9.17) is 4.74 Å². The number of aryl methyl sites for hydroxylation is 2. The Morgan fingerprint density at radius 2 is 1.68 bits per heavy atom. The molecule has 1 saturated heterocycles. The first-order valence-electron chi connectivity index (χ1n) is 9.61. The van der Waals surface area contributed by atoms with Crippen molar-refractivity contribution in [2.75, 3.05) is 38.2 Å². The number of nitrogens with zero attached hydrogens (tertiary/aromatic N) is 3. The normalized spacial score (nSPS) is 14.4. The average Bonchev–Trinajstić information content (AvgIpc) is 2.73. The van der Waals surface area contributed by atoms with Crippen LogP contribution in [0.25, 0.3) is 10.9 Å². The number of rotatable bonds is 3. The number of piperazine rings is 1. The van der Waals surface area contributed by atoms with Crippen molar-refractivity contribution < 1.29 is 9.53 Å². The van der Waals surface area contributed by atoms with Crippen LogP contribution in [0, 0.1) is 13.8 Å². The minimum Gasteiger partial charge on any atom is -0.497 e. The fourth-order valence-electron chi connectivity index (χ4n) is 3.72. The minimum atomic E-state index is 0.0712. The van der Waals surface area contributed by atoms with Crippen LogP contribution in [0.15, 0.2) is 48.5 Å². The van der Waals surface area contributed by atoms with Crippen LogP contribution >= 0.6 is 0 Å². The van der Waals surface area contributed by atoms with Gasteiger partial charge in [-0.3, -0.25) is 9.78 Å². The van der Waals surface area contributed by atoms with Crippen LogP contribution in [-0.2, 0) is 0 Å². The molecule has 0 bridgehead atoms. The van der Waals surface area contributed by atoms with E-state index in [2.05, 4.69) is 41.1 Å². The summed E-state index contributed by atoms with van der Waals surface area (Å²) in [6, 6.07) is 16.2. The molecule has 1 aliphatic rings. The molecule has 1 amide bonds. The zero-order valence-electron chi connectivity index (χ0n) is 16.6. The van der Waals surface area contributed by atoms with Gasteiger partial charge in [0.2, 0.25) is 0 Å². The van der Waals surface area contributed by atoms with Crippen molar-refractivity contribution in [1.29, 1.82) is 0 Å². The van der Waals surface area contributed by atoms with E-state index in [1.54, 1.807) is 7.11 Å². The van der Waals surface area contributed by atoms with Crippen molar-refractivity contribution >= 4 is 22.5 Å². The summed E-state index contributed by atoms with van der Waals surface area (Å²) < 4.78 is 5.22. The van der Waals surface area contributed by atoms with Gasteiger partial charge in [-0.2, -0.15) is 0 Å². The Labute approximate surface area is 165 Å². The smallest absolute Gasteiger partial charge is 0.255 e. The molecule has 0 N–H and O–H groups in total. The van der Waals surface area contributed by atoms with E-state index in [1.807, 2.05) is 36.1 Å². The lowest BCUT2D eigenvalue weighted by Crippen LogP contribution is -2.49. The zero-order valence-corrected chi connectivity index (χ0v) is 16.6. The van der Waals surface area contributed by atoms with E-state index in [9.17, 15) is 4.79 Å². The van der Waals surface area contributed by atoms with Gasteiger partial charge in [0, 0.05) is 37.3 Å². The number of pyridine rings is 1. The van der Waals surface area contributed by atoms with Gasteiger partial charge in [-0.1, -0.05) is 12.1 Å². The van der Waals surface area contributed by atoms with E-state index < -0.39 is 0 Å². The number of aromatic nitrogens is 1. The summed E-state index contributed by atoms with van der Waals surface area (Å²) in [6.07, 6.45) is 0. The third-order valence-corrected chi connectivity index (χ3v) is 5.40. The van der Waals surface area contributed by atoms with Crippen LogP contribution in [0.3, 0.4) is 0 Å². The molecule has 1 aliphatic heterocycles. The summed E-state index contributed by atoms with van der Waals surface area (Å²) in [6.45, 7) is 7.02. The van der Waals surface area contributed by atoms with Gasteiger partial charge >= 0.3 is 0 Å². The topological polar surface area (TPSA) is 45.7 Å². The zero-order chi connectivity index (χ0) is 19.7. The van der Waals surface area contributed by atoms with Crippen molar-refractivity contribution in [3.05, 3.63) is 65.4 Å². The standard InChI is InChI=1S/C23H25N3O2/c1-16-4-5-18-15-21(17(2)24-22(18)14-16)23(27)26-12-10-25(11-13-26)19-6-8-20(28-3)9-7-19/h4-9,14-15H,10-13H2,1-3H3. The molecule has 28 heavy (non-hydrogen) atoms. The van der Waals surface area contributed by atoms with Crippen LogP contribution in [0.1, 0.15) is 21.6 Å². The van der Waals surface area contributed by atoms with Crippen molar-refractivity contribution in [2.24, 2.45) is 0 Å². The first-order chi connectivity index (χ1) is 13.5. The van der Waals surface area contributed by atoms with E-state index in [0.29, 0.717) is 18.7 Å². The second kappa shape index (κ2) is 7.50. The second-order valence-corrected chi connectivity index (χ2v) is 7.29. The molecule has 0 saturated carbocycles. The van der Waals surface area contributed by atoms with Crippen molar-refractivity contribution in [2.45, 2.75) is 13.8 Å². The fourth-order valence-corrected chi connectivity index (χ4v) is 3.72. The first-order valence-corrected chi connectivity index (χ1v) is 9.61. The van der Waals surface area contributed by atoms with E-state index >= 15 is 0 Å². The fraction of sp³-hybridized carbons (Fsp3) is 0.304. The molecule has 2 heterocycles. The van der Waals surface area contributed by atoms with Crippen molar-refractivity contribution in [1.82, 2.24) is 9.88 Å². The Kier molecular flexibility index (Phi) is 4.90. The Bertz CT molecular complexity index is 1010. The molecule has 0 atom stereocenters. The van der Waals surface area contributed by atoms with Crippen LogP contribution in [0.2, 0.25) is 0 Å². The number of amides is 1. The summed E-state index contributed by atoms with van der Waals surface area (Å²) >= 11 is 0. The number of hydrogen-bond acceptors (Lipinski definition) is 4. The van der Waals surface area contributed by atoms with Gasteiger partial charge in [-0.05, 0) is 55.8 Å². The van der Waals surface area contributed by atoms with Gasteiger partial charge < -0.3 is 14.5 Å². The molecule has 1 fully saturated rings. The maximum absolute atomic E-state index is 13.1. The van der Waals surface area contributed by atoms with E-state index in [0.717, 1.165) is 41.1 Å². The molecule has 5 heteroatoms. The number of ether oxygens (including phenoxy) is 1. The highest BCUT2D eigenvalue weighted by molar-refractivity contribution is 5.98. The Morgan fingerprint density at radius 3 is 2.36 bits per heavy atom. The quantitative estimate of drug-likeness (QED) is 0.698. The molecular weight excluding hydrogens is 350 g/mol. The summed E-state index contributed by atoms with van der Waals surface area (Å²) in [7, 11) is 1.67. The number of anilines is 1. The van der Waals surface area contributed by atoms with Crippen molar-refractivity contribution in [3.8, 4) is 5.75 Å². The number of carbonyl (C=O) groups is 1. The van der Waals surface area contributed by atoms with Gasteiger partial charge in [0.05, 0.1) is 23.9 Å². The lowest BCUT2D eigenvalue weighted by molar-refractivity contribution is 0.0746. The van der Waals surface area contributed by atoms with E-state index in [1.165, 1.54) is 5.56 Å². The Morgan fingerprint density at radius 1 is 0.964 bits per heavy atom. The van der Waals surface area contributed by atoms with Gasteiger partial charge in [0.15, 0.2) is 0 Å². The molecule has 5 nitrogen and oxygen atoms in total. The molecule has 0 spiro atoms. The molecule has 144 valence electrons. The van der Waals surface area contributed by atoms with Crippen LogP contribution in [0.5, 0.6) is 5.75 Å². The van der Waals surface area contributed by atoms with Crippen molar-refractivity contribution in [3.63, 3.8) is 0 Å². The number of benzene rings is 2. The highest BCUT2D eigenvalue weighted by Crippen LogP contribution is 2.23. The second-order valence-electron chi connectivity index (χ2n) is 7.29. The highest BCUT2D eigenvalue weighted by Gasteiger charge is 2.24. The van der Waals surface area contributed by atoms with E-state index in [-0.39, 0.29) is 5.91 Å². The lowest BCUT2D eigenvalue weighted by atomic mass is 10.1. The maximum Gasteiger partial charge on any atom is 0.255 e. The molecule has 0 radical (unpaired) electrons. The largest absolute Gasteiger partial charge is 0.497 e. The maximum atomic E-state index is 13.1. The third-order valence-electron chi connectivity index (χ3n) is 5.40. The highest BCUT2D eigenvalue weighted by atomic mass is 16.5. The molecule has 0 aliphatic carbocycles. The summed E-state index contributed by atoms with van der Waals surface area (Å²) in [4.78, 5) is 22.0. The van der Waals surface area contributed by atoms with Gasteiger partial charge in [0.1, 0.15) is 5.75 Å². The van der Waals surface area contributed by atoms with Crippen LogP contribution in [-0.4, -0.2) is 49.1 Å². The summed E-state index contributed by atoms with van der Waals surface area (Å²) in [5.41, 5.74) is 4.77. The average molecular weight is 375 g/mol. The first kappa shape index (κ1) is 18.3. The number of hydrogen-bond donors (Lipinski definition) is 0. The van der Waals surface area contributed by atoms with Gasteiger partial charge in [0.25, 0.3) is 5.91 Å². The number of carbonyl (C=O) groups excluding carboxylic acids is 1. The summed E-state index contributed by atoms with van der Waals surface area (Å²) in [5, 5.41) is 1.01. The predicted octanol–water partition coefficient (Wildman–Crippen LogP) is 3.82. The molecular formula is C23H25N3O2. The summed E-state index contributed by atoms with van der Waals surface area (Å²) in [5.74, 6) is 0.925. The third kappa shape index (κ3) is 3.52. The lowest BCUT2D eigenvalue weighted by Gasteiger charge is -2.36. The number of methoxy groups -OCH3 is 1. The monoisotopic (exact) mass is 375 g/mol. The Balaban J connectivity index is 1.48. The molecule has 1 aromatic heterocycles. The minimum absolute atomic E-state index is 0.0712. The van der Waals surface area contributed by atoms with Crippen LogP contribution in [0.4, 0.5) is 5.69 Å². The van der Waals surface area contributed by atoms with Crippen LogP contribution < -0.4 is 9.64 Å². The molecule has 3 aromatic rings. The molecule has 0 unspecified atom stereocenters. The number of fused-ring (bicyclic) bond motifs is 1. The van der Waals surface area contributed by atoms with Gasteiger partial charge in [-0.25, -0.2) is 0 Å².